The first kappa shape index (κ1) is 35.1. The lowest BCUT2D eigenvalue weighted by molar-refractivity contribution is 1.18. The molecular weight excluding hydrogens is 729 g/mol. The third kappa shape index (κ3) is 6.76. The van der Waals surface area contributed by atoms with Gasteiger partial charge < -0.3 is 0 Å². The summed E-state index contributed by atoms with van der Waals surface area (Å²) in [6, 6.07) is 76.4. The van der Waals surface area contributed by atoms with Crippen LogP contribution in [0, 0.1) is 0 Å². The molecule has 3 aromatic heterocycles. The van der Waals surface area contributed by atoms with E-state index in [1.165, 1.54) is 5.56 Å². The molecule has 0 aliphatic rings. The minimum atomic E-state index is 0.695. The molecule has 0 N–H and O–H groups in total. The lowest BCUT2D eigenvalue weighted by atomic mass is 9.97. The SMILES string of the molecule is c1ccc(-c2ccc(-c3nc(-c4ccccc4)cc(-c4cccc(-c5ccc6cc(-c7ccc8ccc9ccc(-c%10ccccc%10)nc9c8n7)ccc6c5)c4)n3)cc2)cc1. The smallest absolute Gasteiger partial charge is 0.160 e. The van der Waals surface area contributed by atoms with Gasteiger partial charge in [-0.05, 0) is 69.4 Å². The van der Waals surface area contributed by atoms with Crippen molar-refractivity contribution in [1.82, 2.24) is 19.9 Å². The lowest BCUT2D eigenvalue weighted by Gasteiger charge is -2.12. The monoisotopic (exact) mass is 764 g/mol. The largest absolute Gasteiger partial charge is 0.245 e. The molecule has 8 aromatic carbocycles. The van der Waals surface area contributed by atoms with Crippen molar-refractivity contribution in [3.63, 3.8) is 0 Å². The fourth-order valence-electron chi connectivity index (χ4n) is 8.06. The molecule has 0 unspecified atom stereocenters. The maximum atomic E-state index is 5.21. The molecule has 3 heterocycles. The van der Waals surface area contributed by atoms with Gasteiger partial charge in [0.2, 0.25) is 0 Å². The second kappa shape index (κ2) is 15.0. The molecule has 0 radical (unpaired) electrons. The van der Waals surface area contributed by atoms with Crippen molar-refractivity contribution in [3.8, 4) is 78.7 Å². The van der Waals surface area contributed by atoms with Crippen molar-refractivity contribution in [3.05, 3.63) is 218 Å². The maximum absolute atomic E-state index is 5.21. The van der Waals surface area contributed by atoms with Crippen LogP contribution in [0.15, 0.2) is 218 Å². The van der Waals surface area contributed by atoms with Crippen LogP contribution in [-0.4, -0.2) is 19.9 Å². The average Bonchev–Trinajstić information content (AvgIpc) is 3.34. The van der Waals surface area contributed by atoms with Gasteiger partial charge in [0.1, 0.15) is 0 Å². The van der Waals surface area contributed by atoms with Crippen molar-refractivity contribution in [2.45, 2.75) is 0 Å². The predicted molar refractivity (Wildman–Crippen MR) is 248 cm³/mol. The van der Waals surface area contributed by atoms with Gasteiger partial charge in [-0.3, -0.25) is 0 Å². The Hall–Kier alpha value is -8.08. The standard InChI is InChI=1S/C56H36N4/c1-4-11-37(12-5-1)38-19-23-43(24-20-38)56-59-52(40-15-8-3-9-16-40)36-53(60-56)48-18-10-17-44(34-48)45-25-26-47-35-49(28-27-46(47)33-45)51-32-30-42-22-21-41-29-31-50(39-13-6-2-7-14-39)57-54(41)55(42)58-51/h1-36H. The second-order valence-corrected chi connectivity index (χ2v) is 15.1. The summed E-state index contributed by atoms with van der Waals surface area (Å²) in [6.45, 7) is 0. The Morgan fingerprint density at radius 1 is 0.200 bits per heavy atom. The van der Waals surface area contributed by atoms with Crippen LogP contribution in [0.2, 0.25) is 0 Å². The number of benzene rings is 8. The van der Waals surface area contributed by atoms with Gasteiger partial charge in [0, 0.05) is 38.6 Å². The number of rotatable bonds is 7. The molecular formula is C56H36N4. The van der Waals surface area contributed by atoms with Crippen LogP contribution < -0.4 is 0 Å². The van der Waals surface area contributed by atoms with E-state index in [9.17, 15) is 0 Å². The highest BCUT2D eigenvalue weighted by Gasteiger charge is 2.14. The molecule has 4 nitrogen and oxygen atoms in total. The van der Waals surface area contributed by atoms with E-state index < -0.39 is 0 Å². The van der Waals surface area contributed by atoms with Crippen LogP contribution in [0.4, 0.5) is 0 Å². The highest BCUT2D eigenvalue weighted by Crippen LogP contribution is 2.34. The Morgan fingerprint density at radius 3 is 1.22 bits per heavy atom. The van der Waals surface area contributed by atoms with Crippen molar-refractivity contribution in [2.75, 3.05) is 0 Å². The van der Waals surface area contributed by atoms with Crippen molar-refractivity contribution < 1.29 is 0 Å². The van der Waals surface area contributed by atoms with Gasteiger partial charge in [0.15, 0.2) is 5.82 Å². The normalized spacial score (nSPS) is 11.3. The Bertz CT molecular complexity index is 3350. The molecule has 0 spiro atoms. The molecule has 0 saturated carbocycles. The molecule has 0 amide bonds. The van der Waals surface area contributed by atoms with Crippen LogP contribution in [0.3, 0.4) is 0 Å². The molecule has 11 rings (SSSR count). The van der Waals surface area contributed by atoms with E-state index in [0.717, 1.165) is 99.9 Å². The van der Waals surface area contributed by atoms with Gasteiger partial charge in [-0.2, -0.15) is 0 Å². The van der Waals surface area contributed by atoms with E-state index in [1.54, 1.807) is 0 Å². The second-order valence-electron chi connectivity index (χ2n) is 15.1. The third-order valence-electron chi connectivity index (χ3n) is 11.3. The van der Waals surface area contributed by atoms with Crippen LogP contribution in [0.5, 0.6) is 0 Å². The van der Waals surface area contributed by atoms with Crippen LogP contribution in [-0.2, 0) is 0 Å². The zero-order valence-corrected chi connectivity index (χ0v) is 32.6. The Kier molecular flexibility index (Phi) is 8.79. The molecule has 60 heavy (non-hydrogen) atoms. The lowest BCUT2D eigenvalue weighted by Crippen LogP contribution is -1.96. The highest BCUT2D eigenvalue weighted by molar-refractivity contribution is 6.04. The Morgan fingerprint density at radius 2 is 0.583 bits per heavy atom. The molecule has 0 aliphatic carbocycles. The van der Waals surface area contributed by atoms with Gasteiger partial charge in [-0.15, -0.1) is 0 Å². The number of pyridine rings is 2. The van der Waals surface area contributed by atoms with Crippen LogP contribution >= 0.6 is 0 Å². The number of hydrogen-bond donors (Lipinski definition) is 0. The van der Waals surface area contributed by atoms with Crippen molar-refractivity contribution in [1.29, 1.82) is 0 Å². The van der Waals surface area contributed by atoms with E-state index in [0.29, 0.717) is 5.82 Å². The topological polar surface area (TPSA) is 51.6 Å². The predicted octanol–water partition coefficient (Wildman–Crippen LogP) is 14.4. The van der Waals surface area contributed by atoms with E-state index in [-0.39, 0.29) is 0 Å². The summed E-state index contributed by atoms with van der Waals surface area (Å²) in [6.07, 6.45) is 0. The zero-order valence-electron chi connectivity index (χ0n) is 32.6. The van der Waals surface area contributed by atoms with Gasteiger partial charge in [-0.1, -0.05) is 182 Å². The fraction of sp³-hybridized carbons (Fsp3) is 0. The van der Waals surface area contributed by atoms with Crippen molar-refractivity contribution >= 4 is 32.6 Å². The number of aromatic nitrogens is 4. The minimum Gasteiger partial charge on any atom is -0.245 e. The van der Waals surface area contributed by atoms with Crippen LogP contribution in [0.1, 0.15) is 0 Å². The summed E-state index contributed by atoms with van der Waals surface area (Å²) >= 11 is 0. The number of hydrogen-bond acceptors (Lipinski definition) is 4. The minimum absolute atomic E-state index is 0.695. The summed E-state index contributed by atoms with van der Waals surface area (Å²) in [4.78, 5) is 20.5. The average molecular weight is 765 g/mol. The Balaban J connectivity index is 0.925. The molecule has 0 saturated heterocycles. The van der Waals surface area contributed by atoms with E-state index in [4.69, 9.17) is 19.9 Å². The molecule has 11 aromatic rings. The van der Waals surface area contributed by atoms with Crippen LogP contribution in [0.25, 0.3) is 111 Å². The maximum Gasteiger partial charge on any atom is 0.160 e. The molecule has 280 valence electrons. The molecule has 0 bridgehead atoms. The molecule has 0 fully saturated rings. The van der Waals surface area contributed by atoms with Gasteiger partial charge in [0.05, 0.1) is 33.8 Å². The van der Waals surface area contributed by atoms with Gasteiger partial charge in [0.25, 0.3) is 0 Å². The first-order chi connectivity index (χ1) is 29.7. The van der Waals surface area contributed by atoms with Gasteiger partial charge >= 0.3 is 0 Å². The fourth-order valence-corrected chi connectivity index (χ4v) is 8.06. The molecule has 0 aliphatic heterocycles. The number of nitrogens with zero attached hydrogens (tertiary/aromatic N) is 4. The Labute approximate surface area is 348 Å². The van der Waals surface area contributed by atoms with Gasteiger partial charge in [-0.25, -0.2) is 19.9 Å². The summed E-state index contributed by atoms with van der Waals surface area (Å²) in [5, 5.41) is 4.47. The molecule has 0 atom stereocenters. The summed E-state index contributed by atoms with van der Waals surface area (Å²) in [5.41, 5.74) is 15.3. The first-order valence-corrected chi connectivity index (χ1v) is 20.2. The van der Waals surface area contributed by atoms with E-state index in [1.807, 2.05) is 42.5 Å². The highest BCUT2D eigenvalue weighted by atomic mass is 14.9. The van der Waals surface area contributed by atoms with Crippen molar-refractivity contribution in [2.24, 2.45) is 0 Å². The number of fused-ring (bicyclic) bond motifs is 4. The quantitative estimate of drug-likeness (QED) is 0.152. The zero-order chi connectivity index (χ0) is 39.8. The summed E-state index contributed by atoms with van der Waals surface area (Å²) in [5.74, 6) is 0.695. The first-order valence-electron chi connectivity index (χ1n) is 20.2. The summed E-state index contributed by atoms with van der Waals surface area (Å²) in [7, 11) is 0. The van der Waals surface area contributed by atoms with E-state index in [2.05, 4.69) is 176 Å². The third-order valence-corrected chi connectivity index (χ3v) is 11.3. The summed E-state index contributed by atoms with van der Waals surface area (Å²) < 4.78 is 0. The molecule has 4 heteroatoms. The van der Waals surface area contributed by atoms with E-state index >= 15 is 0 Å².